The Morgan fingerprint density at radius 2 is 1.92 bits per heavy atom. The lowest BCUT2D eigenvalue weighted by molar-refractivity contribution is -0.117. The van der Waals surface area contributed by atoms with E-state index in [1.165, 1.54) is 21.3 Å². The van der Waals surface area contributed by atoms with Gasteiger partial charge in [0.15, 0.2) is 0 Å². The predicted molar refractivity (Wildman–Crippen MR) is 131 cm³/mol. The van der Waals surface area contributed by atoms with Gasteiger partial charge in [0.25, 0.3) is 0 Å². The molecule has 0 spiro atoms. The molecule has 0 saturated carbocycles. The van der Waals surface area contributed by atoms with Gasteiger partial charge in [-0.25, -0.2) is 22.2 Å². The van der Waals surface area contributed by atoms with Crippen LogP contribution in [0.4, 0.5) is 14.5 Å². The number of benzene rings is 1. The predicted octanol–water partition coefficient (Wildman–Crippen LogP) is 3.31. The molecule has 192 valence electrons. The quantitative estimate of drug-likeness (QED) is 0.500. The fourth-order valence-electron chi connectivity index (χ4n) is 4.92. The topological polar surface area (TPSA) is 84.2 Å². The Morgan fingerprint density at radius 3 is 2.58 bits per heavy atom. The lowest BCUT2D eigenvalue weighted by Crippen LogP contribution is -2.46. The van der Waals surface area contributed by atoms with Gasteiger partial charge in [0.1, 0.15) is 17.3 Å². The highest BCUT2D eigenvalue weighted by Gasteiger charge is 2.31. The Hall–Kier alpha value is -2.89. The van der Waals surface area contributed by atoms with Crippen LogP contribution >= 0.6 is 0 Å². The van der Waals surface area contributed by atoms with Crippen molar-refractivity contribution in [1.29, 1.82) is 0 Å². The van der Waals surface area contributed by atoms with Crippen molar-refractivity contribution < 1.29 is 26.7 Å². The molecule has 5 rings (SSSR count). The van der Waals surface area contributed by atoms with E-state index in [0.717, 1.165) is 5.56 Å². The molecule has 2 aliphatic rings. The molecular weight excluding hydrogens is 490 g/mol. The number of amides is 1. The van der Waals surface area contributed by atoms with Crippen LogP contribution in [0.25, 0.3) is 16.9 Å². The van der Waals surface area contributed by atoms with Crippen molar-refractivity contribution >= 4 is 27.3 Å². The largest absolute Gasteiger partial charge is 0.375 e. The van der Waals surface area contributed by atoms with Crippen molar-refractivity contribution in [3.63, 3.8) is 0 Å². The van der Waals surface area contributed by atoms with Gasteiger partial charge in [-0.05, 0) is 50.1 Å². The van der Waals surface area contributed by atoms with Gasteiger partial charge in [-0.1, -0.05) is 0 Å². The van der Waals surface area contributed by atoms with E-state index in [0.29, 0.717) is 30.7 Å². The molecule has 0 N–H and O–H groups in total. The zero-order chi connectivity index (χ0) is 25.6. The highest BCUT2D eigenvalue weighted by Crippen LogP contribution is 2.35. The minimum absolute atomic E-state index is 0.0118. The zero-order valence-corrected chi connectivity index (χ0v) is 21.0. The van der Waals surface area contributed by atoms with E-state index in [2.05, 4.69) is 4.98 Å². The fourth-order valence-corrected chi connectivity index (χ4v) is 6.03. The molecule has 2 aromatic heterocycles. The number of carbonyl (C=O) groups is 1. The van der Waals surface area contributed by atoms with Crippen molar-refractivity contribution in [3.05, 3.63) is 53.4 Å². The van der Waals surface area contributed by atoms with Crippen LogP contribution in [0.15, 0.2) is 30.5 Å². The van der Waals surface area contributed by atoms with Crippen LogP contribution in [0, 0.1) is 18.6 Å². The van der Waals surface area contributed by atoms with E-state index >= 15 is 8.78 Å². The third-order valence-electron chi connectivity index (χ3n) is 6.81. The van der Waals surface area contributed by atoms with E-state index in [4.69, 9.17) is 4.74 Å². The maximum Gasteiger partial charge on any atom is 0.227 e. The van der Waals surface area contributed by atoms with E-state index in [1.807, 2.05) is 19.1 Å². The molecule has 0 radical (unpaired) electrons. The number of hydrogen-bond donors (Lipinski definition) is 0. The number of sulfonamides is 1. The van der Waals surface area contributed by atoms with Gasteiger partial charge in [-0.3, -0.25) is 4.79 Å². The van der Waals surface area contributed by atoms with Crippen LogP contribution in [0.2, 0.25) is 0 Å². The summed E-state index contributed by atoms with van der Waals surface area (Å²) < 4.78 is 64.8. The normalized spacial score (nSPS) is 19.5. The molecule has 4 heterocycles. The molecule has 36 heavy (non-hydrogen) atoms. The van der Waals surface area contributed by atoms with Crippen molar-refractivity contribution in [2.75, 3.05) is 36.9 Å². The van der Waals surface area contributed by atoms with E-state index in [-0.39, 0.29) is 54.7 Å². The lowest BCUT2D eigenvalue weighted by Gasteiger charge is -2.32. The number of anilines is 1. The number of ether oxygens (including phenoxy) is 1. The van der Waals surface area contributed by atoms with Crippen LogP contribution in [0.1, 0.15) is 31.0 Å². The van der Waals surface area contributed by atoms with Crippen LogP contribution in [-0.2, 0) is 26.0 Å². The number of hydrogen-bond acceptors (Lipinski definition) is 5. The highest BCUT2D eigenvalue weighted by molar-refractivity contribution is 7.89. The number of pyridine rings is 1. The molecule has 0 aliphatic carbocycles. The monoisotopic (exact) mass is 518 g/mol. The van der Waals surface area contributed by atoms with Crippen LogP contribution in [0.5, 0.6) is 0 Å². The molecule has 1 atom stereocenters. The standard InChI is InChI=1S/C25H28F2N4O4S/c1-3-36(33,34)29-9-10-35-18(15-29)14-21-25(28-22-11-16(2)6-8-31(21)22)24-19(26)12-17(13-20(24)27)30-7-4-5-23(30)32/h6,8,11-13,18H,3-5,7,9-10,14-15H2,1-2H3. The first-order chi connectivity index (χ1) is 17.2. The van der Waals surface area contributed by atoms with Crippen molar-refractivity contribution in [2.24, 2.45) is 0 Å². The minimum Gasteiger partial charge on any atom is -0.375 e. The molecule has 1 aromatic carbocycles. The average molecular weight is 519 g/mol. The first-order valence-electron chi connectivity index (χ1n) is 12.0. The summed E-state index contributed by atoms with van der Waals surface area (Å²) in [5, 5.41) is 0. The fraction of sp³-hybridized carbons (Fsp3) is 0.440. The smallest absolute Gasteiger partial charge is 0.227 e. The van der Waals surface area contributed by atoms with E-state index in [1.54, 1.807) is 17.5 Å². The summed E-state index contributed by atoms with van der Waals surface area (Å²) >= 11 is 0. The first-order valence-corrected chi connectivity index (χ1v) is 13.7. The molecule has 2 aliphatic heterocycles. The number of aryl methyl sites for hydroxylation is 1. The van der Waals surface area contributed by atoms with E-state index in [9.17, 15) is 13.2 Å². The van der Waals surface area contributed by atoms with Gasteiger partial charge in [0, 0.05) is 44.4 Å². The lowest BCUT2D eigenvalue weighted by atomic mass is 10.0. The maximum absolute atomic E-state index is 15.5. The number of rotatable bonds is 6. The van der Waals surface area contributed by atoms with Gasteiger partial charge in [-0.15, -0.1) is 0 Å². The summed E-state index contributed by atoms with van der Waals surface area (Å²) in [5.74, 6) is -1.80. The zero-order valence-electron chi connectivity index (χ0n) is 20.2. The first kappa shape index (κ1) is 24.8. The maximum atomic E-state index is 15.5. The number of nitrogens with zero attached hydrogens (tertiary/aromatic N) is 4. The Morgan fingerprint density at radius 1 is 1.17 bits per heavy atom. The molecule has 2 fully saturated rings. The van der Waals surface area contributed by atoms with Crippen LogP contribution < -0.4 is 4.90 Å². The van der Waals surface area contributed by atoms with Gasteiger partial charge in [0.2, 0.25) is 15.9 Å². The van der Waals surface area contributed by atoms with Crippen molar-refractivity contribution in [3.8, 4) is 11.3 Å². The molecule has 2 saturated heterocycles. The molecule has 1 amide bonds. The van der Waals surface area contributed by atoms with Gasteiger partial charge < -0.3 is 14.0 Å². The molecule has 11 heteroatoms. The van der Waals surface area contributed by atoms with E-state index < -0.39 is 27.8 Å². The molecule has 1 unspecified atom stereocenters. The van der Waals surface area contributed by atoms with Gasteiger partial charge >= 0.3 is 0 Å². The van der Waals surface area contributed by atoms with Crippen molar-refractivity contribution in [2.45, 2.75) is 39.2 Å². The summed E-state index contributed by atoms with van der Waals surface area (Å²) in [6.45, 7) is 4.56. The minimum atomic E-state index is -3.40. The number of carbonyl (C=O) groups excluding carboxylic acids is 1. The number of morpholine rings is 1. The second-order valence-corrected chi connectivity index (χ2v) is 11.5. The molecule has 0 bridgehead atoms. The SMILES string of the molecule is CCS(=O)(=O)N1CCOC(Cc2c(-c3c(F)cc(N4CCCC4=O)cc3F)nc3cc(C)ccn23)C1. The Labute approximate surface area is 208 Å². The summed E-state index contributed by atoms with van der Waals surface area (Å²) in [7, 11) is -3.40. The summed E-state index contributed by atoms with van der Waals surface area (Å²) in [4.78, 5) is 18.1. The summed E-state index contributed by atoms with van der Waals surface area (Å²) in [6.07, 6.45) is 2.49. The molecular formula is C25H28F2N4O4S. The molecule has 8 nitrogen and oxygen atoms in total. The highest BCUT2D eigenvalue weighted by atomic mass is 32.2. The molecule has 3 aromatic rings. The Balaban J connectivity index is 1.57. The average Bonchev–Trinajstić information content (AvgIpc) is 3.42. The third-order valence-corrected chi connectivity index (χ3v) is 8.66. The van der Waals surface area contributed by atoms with Gasteiger partial charge in [-0.2, -0.15) is 4.31 Å². The van der Waals surface area contributed by atoms with Gasteiger partial charge in [0.05, 0.1) is 35.4 Å². The third kappa shape index (κ3) is 4.51. The second-order valence-electron chi connectivity index (χ2n) is 9.23. The number of imidazole rings is 1. The number of aromatic nitrogens is 2. The Kier molecular flexibility index (Phi) is 6.56. The Bertz CT molecular complexity index is 1420. The second kappa shape index (κ2) is 9.53. The number of halogens is 2. The van der Waals surface area contributed by atoms with Crippen LogP contribution in [0.3, 0.4) is 0 Å². The number of fused-ring (bicyclic) bond motifs is 1. The summed E-state index contributed by atoms with van der Waals surface area (Å²) in [6, 6.07) is 6.03. The van der Waals surface area contributed by atoms with Crippen LogP contribution in [-0.4, -0.2) is 66.1 Å². The van der Waals surface area contributed by atoms with Crippen molar-refractivity contribution in [1.82, 2.24) is 13.7 Å². The summed E-state index contributed by atoms with van der Waals surface area (Å²) in [5.41, 5.74) is 2.02.